The number of rotatable bonds is 2. The number of piperidine rings is 1. The summed E-state index contributed by atoms with van der Waals surface area (Å²) in [6.07, 6.45) is 1.82. The van der Waals surface area contributed by atoms with Crippen LogP contribution in [0.1, 0.15) is 12.8 Å². The average Bonchev–Trinajstić information content (AvgIpc) is 2.36. The Morgan fingerprint density at radius 2 is 2.11 bits per heavy atom. The van der Waals surface area contributed by atoms with Crippen LogP contribution in [-0.4, -0.2) is 37.1 Å². The van der Waals surface area contributed by atoms with Crippen molar-refractivity contribution < 1.29 is 9.18 Å². The van der Waals surface area contributed by atoms with Crippen molar-refractivity contribution >= 4 is 23.3 Å². The van der Waals surface area contributed by atoms with Gasteiger partial charge in [-0.15, -0.1) is 0 Å². The second kappa shape index (κ2) is 6.21. The first kappa shape index (κ1) is 14.1. The lowest BCUT2D eigenvalue weighted by atomic mass is 10.1. The first-order chi connectivity index (χ1) is 9.04. The van der Waals surface area contributed by atoms with Crippen LogP contribution >= 0.6 is 11.6 Å². The maximum atomic E-state index is 13.5. The number of urea groups is 1. The number of carbonyl (C=O) groups is 1. The maximum Gasteiger partial charge on any atom is 0.319 e. The molecule has 1 fully saturated rings. The molecule has 0 bridgehead atoms. The molecule has 19 heavy (non-hydrogen) atoms. The Balaban J connectivity index is 1.87. The van der Waals surface area contributed by atoms with Crippen LogP contribution in [0.25, 0.3) is 0 Å². The van der Waals surface area contributed by atoms with E-state index in [1.54, 1.807) is 0 Å². The molecule has 4 nitrogen and oxygen atoms in total. The van der Waals surface area contributed by atoms with Crippen molar-refractivity contribution in [2.45, 2.75) is 18.9 Å². The van der Waals surface area contributed by atoms with Gasteiger partial charge in [0.05, 0.1) is 5.69 Å². The zero-order chi connectivity index (χ0) is 13.8. The Morgan fingerprint density at radius 1 is 1.42 bits per heavy atom. The fourth-order valence-electron chi connectivity index (χ4n) is 2.09. The number of likely N-dealkylation sites (tertiary alicyclic amines) is 1. The zero-order valence-electron chi connectivity index (χ0n) is 10.7. The second-order valence-corrected chi connectivity index (χ2v) is 5.24. The first-order valence-electron chi connectivity index (χ1n) is 6.25. The van der Waals surface area contributed by atoms with E-state index in [4.69, 9.17) is 11.6 Å². The number of hydrogen-bond acceptors (Lipinski definition) is 2. The summed E-state index contributed by atoms with van der Waals surface area (Å²) in [5, 5.41) is 5.66. The number of anilines is 1. The van der Waals surface area contributed by atoms with E-state index in [0.717, 1.165) is 25.9 Å². The van der Waals surface area contributed by atoms with Gasteiger partial charge >= 0.3 is 6.03 Å². The third-order valence-electron chi connectivity index (χ3n) is 3.23. The molecule has 6 heteroatoms. The summed E-state index contributed by atoms with van der Waals surface area (Å²) in [6.45, 7) is 1.92. The van der Waals surface area contributed by atoms with Crippen molar-refractivity contribution in [3.63, 3.8) is 0 Å². The van der Waals surface area contributed by atoms with Gasteiger partial charge in [0, 0.05) is 11.1 Å². The molecule has 1 saturated heterocycles. The lowest BCUT2D eigenvalue weighted by Crippen LogP contribution is -2.44. The highest BCUT2D eigenvalue weighted by molar-refractivity contribution is 6.30. The molecule has 2 amide bonds. The van der Waals surface area contributed by atoms with E-state index in [1.165, 1.54) is 18.2 Å². The van der Waals surface area contributed by atoms with Gasteiger partial charge < -0.3 is 15.5 Å². The smallest absolute Gasteiger partial charge is 0.319 e. The van der Waals surface area contributed by atoms with Crippen molar-refractivity contribution in [2.24, 2.45) is 0 Å². The van der Waals surface area contributed by atoms with Gasteiger partial charge in [-0.3, -0.25) is 0 Å². The molecule has 0 atom stereocenters. The minimum Gasteiger partial charge on any atom is -0.335 e. The van der Waals surface area contributed by atoms with Crippen molar-refractivity contribution in [3.05, 3.63) is 29.0 Å². The number of benzene rings is 1. The summed E-state index contributed by atoms with van der Waals surface area (Å²) >= 11 is 5.65. The monoisotopic (exact) mass is 285 g/mol. The third-order valence-corrected chi connectivity index (χ3v) is 3.47. The van der Waals surface area contributed by atoms with Crippen LogP contribution in [0.5, 0.6) is 0 Å². The molecule has 0 radical (unpaired) electrons. The summed E-state index contributed by atoms with van der Waals surface area (Å²) in [5.74, 6) is -0.536. The summed E-state index contributed by atoms with van der Waals surface area (Å²) in [7, 11) is 2.05. The van der Waals surface area contributed by atoms with Crippen LogP contribution in [0.2, 0.25) is 5.02 Å². The van der Waals surface area contributed by atoms with Crippen LogP contribution < -0.4 is 10.6 Å². The standard InChI is InChI=1S/C13H17ClFN3O/c1-18-6-4-10(5-7-18)16-13(19)17-12-3-2-9(14)8-11(12)15/h2-3,8,10H,4-7H2,1H3,(H2,16,17,19). The van der Waals surface area contributed by atoms with Crippen molar-refractivity contribution in [1.29, 1.82) is 0 Å². The Labute approximate surface area is 116 Å². The van der Waals surface area contributed by atoms with Gasteiger partial charge in [-0.05, 0) is 51.2 Å². The predicted octanol–water partition coefficient (Wildman–Crippen LogP) is 2.69. The lowest BCUT2D eigenvalue weighted by molar-refractivity contribution is 0.221. The highest BCUT2D eigenvalue weighted by Gasteiger charge is 2.18. The number of nitrogens with one attached hydrogen (secondary N) is 2. The highest BCUT2D eigenvalue weighted by Crippen LogP contribution is 2.18. The number of hydrogen-bond donors (Lipinski definition) is 2. The summed E-state index contributed by atoms with van der Waals surface area (Å²) < 4.78 is 13.5. The van der Waals surface area contributed by atoms with Gasteiger partial charge in [0.25, 0.3) is 0 Å². The van der Waals surface area contributed by atoms with Gasteiger partial charge in [0.2, 0.25) is 0 Å². The molecule has 0 saturated carbocycles. The molecule has 0 unspecified atom stereocenters. The maximum absolute atomic E-state index is 13.5. The zero-order valence-corrected chi connectivity index (χ0v) is 11.5. The fourth-order valence-corrected chi connectivity index (χ4v) is 2.25. The topological polar surface area (TPSA) is 44.4 Å². The predicted molar refractivity (Wildman–Crippen MR) is 74.1 cm³/mol. The van der Waals surface area contributed by atoms with Gasteiger partial charge in [-0.1, -0.05) is 11.6 Å². The molecule has 1 aromatic carbocycles. The van der Waals surface area contributed by atoms with Crippen molar-refractivity contribution in [3.8, 4) is 0 Å². The van der Waals surface area contributed by atoms with E-state index in [0.29, 0.717) is 5.02 Å². The summed E-state index contributed by atoms with van der Waals surface area (Å²) in [6, 6.07) is 3.93. The molecule has 2 rings (SSSR count). The van der Waals surface area contributed by atoms with Gasteiger partial charge in [0.1, 0.15) is 5.82 Å². The molecular weight excluding hydrogens is 269 g/mol. The summed E-state index contributed by atoms with van der Waals surface area (Å²) in [4.78, 5) is 14.0. The molecule has 0 aliphatic carbocycles. The van der Waals surface area contributed by atoms with E-state index in [2.05, 4.69) is 22.6 Å². The number of halogens is 2. The van der Waals surface area contributed by atoms with Crippen LogP contribution in [0.4, 0.5) is 14.9 Å². The summed E-state index contributed by atoms with van der Waals surface area (Å²) in [5.41, 5.74) is 0.134. The molecule has 2 N–H and O–H groups in total. The minimum atomic E-state index is -0.536. The first-order valence-corrected chi connectivity index (χ1v) is 6.63. The van der Waals surface area contributed by atoms with E-state index in [1.807, 2.05) is 0 Å². The molecular formula is C13H17ClFN3O. The van der Waals surface area contributed by atoms with E-state index >= 15 is 0 Å². The van der Waals surface area contributed by atoms with E-state index in [-0.39, 0.29) is 17.8 Å². The molecule has 0 spiro atoms. The van der Waals surface area contributed by atoms with Crippen LogP contribution in [-0.2, 0) is 0 Å². The largest absolute Gasteiger partial charge is 0.335 e. The quantitative estimate of drug-likeness (QED) is 0.877. The normalized spacial score (nSPS) is 17.2. The molecule has 104 valence electrons. The average molecular weight is 286 g/mol. The Morgan fingerprint density at radius 3 is 2.74 bits per heavy atom. The van der Waals surface area contributed by atoms with Crippen molar-refractivity contribution in [1.82, 2.24) is 10.2 Å². The molecule has 1 aliphatic rings. The van der Waals surface area contributed by atoms with E-state index in [9.17, 15) is 9.18 Å². The number of amides is 2. The minimum absolute atomic E-state index is 0.134. The molecule has 1 heterocycles. The fraction of sp³-hybridized carbons (Fsp3) is 0.462. The number of carbonyl (C=O) groups excluding carboxylic acids is 1. The van der Waals surface area contributed by atoms with Crippen molar-refractivity contribution in [2.75, 3.05) is 25.5 Å². The molecule has 1 aromatic rings. The Bertz CT molecular complexity index is 461. The van der Waals surface area contributed by atoms with Gasteiger partial charge in [0.15, 0.2) is 0 Å². The number of nitrogens with zero attached hydrogens (tertiary/aromatic N) is 1. The SMILES string of the molecule is CN1CCC(NC(=O)Nc2ccc(Cl)cc2F)CC1. The Hall–Kier alpha value is -1.33. The van der Waals surface area contributed by atoms with Crippen LogP contribution in [0, 0.1) is 5.82 Å². The van der Waals surface area contributed by atoms with Crippen LogP contribution in [0.15, 0.2) is 18.2 Å². The lowest BCUT2D eigenvalue weighted by Gasteiger charge is -2.29. The molecule has 1 aliphatic heterocycles. The second-order valence-electron chi connectivity index (χ2n) is 4.80. The highest BCUT2D eigenvalue weighted by atomic mass is 35.5. The van der Waals surface area contributed by atoms with Crippen LogP contribution in [0.3, 0.4) is 0 Å². The van der Waals surface area contributed by atoms with Gasteiger partial charge in [-0.2, -0.15) is 0 Å². The van der Waals surface area contributed by atoms with E-state index < -0.39 is 5.82 Å². The molecule has 0 aromatic heterocycles. The van der Waals surface area contributed by atoms with Gasteiger partial charge in [-0.25, -0.2) is 9.18 Å². The third kappa shape index (κ3) is 4.08. The Kier molecular flexibility index (Phi) is 4.61.